The van der Waals surface area contributed by atoms with E-state index in [1.54, 1.807) is 18.2 Å². The first-order chi connectivity index (χ1) is 12.5. The average Bonchev–Trinajstić information content (AvgIpc) is 3.04. The van der Waals surface area contributed by atoms with Crippen LogP contribution in [-0.4, -0.2) is 43.7 Å². The number of amides is 1. The zero-order chi connectivity index (χ0) is 18.7. The molecule has 4 nitrogen and oxygen atoms in total. The Labute approximate surface area is 197 Å². The van der Waals surface area contributed by atoms with E-state index >= 15 is 0 Å². The van der Waals surface area contributed by atoms with Crippen molar-refractivity contribution in [3.8, 4) is 0 Å². The number of carbonyl (C=O) groups is 1. The molecular weight excluding hydrogens is 494 g/mol. The van der Waals surface area contributed by atoms with Crippen molar-refractivity contribution in [3.63, 3.8) is 0 Å². The van der Waals surface area contributed by atoms with E-state index in [1.807, 2.05) is 25.2 Å². The first kappa shape index (κ1) is 22.5. The van der Waals surface area contributed by atoms with Crippen LogP contribution >= 0.6 is 11.6 Å². The molecule has 0 unspecified atom stereocenters. The number of likely N-dealkylation sites (N-methyl/N-ethyl adjacent to an activating group) is 1. The van der Waals surface area contributed by atoms with Gasteiger partial charge in [0.1, 0.15) is 6.17 Å². The fraction of sp³-hybridized carbons (Fsp3) is 0.350. The molecule has 1 saturated heterocycles. The quantitative estimate of drug-likeness (QED) is 0.558. The van der Waals surface area contributed by atoms with Crippen LogP contribution in [0.5, 0.6) is 0 Å². The molecule has 0 saturated carbocycles. The van der Waals surface area contributed by atoms with Crippen molar-refractivity contribution in [1.29, 1.82) is 0 Å². The summed E-state index contributed by atoms with van der Waals surface area (Å²) in [5, 5.41) is 0.270. The number of carbonyl (C=O) groups excluding carboxylic acids is 1. The average molecular weight is 516 g/mol. The Morgan fingerprint density at radius 2 is 2.04 bits per heavy atom. The maximum atomic E-state index is 13.6. The molecule has 0 aromatic heterocycles. The third kappa shape index (κ3) is 5.63. The number of hydrogen-bond acceptors (Lipinski definition) is 3. The number of likely N-dealkylation sites (tertiary alicyclic amines) is 1. The van der Waals surface area contributed by atoms with E-state index < -0.39 is 12.1 Å². The molecule has 1 radical (unpaired) electrons. The van der Waals surface area contributed by atoms with Gasteiger partial charge in [-0.25, -0.2) is 4.39 Å². The number of rotatable bonds is 6. The zero-order valence-corrected chi connectivity index (χ0v) is 19.7. The third-order valence-electron chi connectivity index (χ3n) is 4.90. The minimum atomic E-state index is -0.796. The van der Waals surface area contributed by atoms with Crippen LogP contribution in [0.15, 0.2) is 48.5 Å². The van der Waals surface area contributed by atoms with Gasteiger partial charge in [-0.15, -0.1) is 0 Å². The van der Waals surface area contributed by atoms with Crippen LogP contribution in [0.2, 0.25) is 5.02 Å². The standard InChI is InChI=1S/C20H23ClFN3O.Pr/c1-24(16-7-8-17(20(23)26)18(21)11-16)19(14-5-3-2-4-6-14)13-25-10-9-15(22)12-25;/h2-8,11,15,19H,9-10,12-13H2,1H3,(H2,23,26);/p-1/t15-,19+;/m0./s1. The number of anilines is 1. The molecule has 2 aromatic carbocycles. The molecule has 7 heteroatoms. The van der Waals surface area contributed by atoms with Gasteiger partial charge in [-0.05, 0) is 30.2 Å². The van der Waals surface area contributed by atoms with Gasteiger partial charge >= 0.3 is 0 Å². The number of hydrogen-bond donors (Lipinski definition) is 0. The predicted molar refractivity (Wildman–Crippen MR) is 104 cm³/mol. The smallest absolute Gasteiger partial charge is 0.114 e. The van der Waals surface area contributed by atoms with Gasteiger partial charge < -0.3 is 15.4 Å². The summed E-state index contributed by atoms with van der Waals surface area (Å²) >= 11 is 6.18. The number of nitrogens with one attached hydrogen (secondary N) is 1. The van der Waals surface area contributed by atoms with Crippen LogP contribution in [0, 0.1) is 41.3 Å². The van der Waals surface area contributed by atoms with Crippen LogP contribution in [0.1, 0.15) is 28.4 Å². The molecule has 2 atom stereocenters. The molecule has 27 heavy (non-hydrogen) atoms. The fourth-order valence-corrected chi connectivity index (χ4v) is 3.67. The van der Waals surface area contributed by atoms with Crippen molar-refractivity contribution >= 4 is 23.2 Å². The Hall–Kier alpha value is -0.746. The van der Waals surface area contributed by atoms with E-state index in [0.717, 1.165) is 17.8 Å². The topological polar surface area (TPSA) is 47.4 Å². The molecule has 0 spiro atoms. The monoisotopic (exact) mass is 515 g/mol. The molecule has 1 fully saturated rings. The van der Waals surface area contributed by atoms with Crippen molar-refractivity contribution < 1.29 is 50.5 Å². The molecular formula is C20H22ClFN3OPr-. The molecule has 2 aromatic rings. The summed E-state index contributed by atoms with van der Waals surface area (Å²) in [6.07, 6.45) is -0.175. The number of alkyl halides is 1. The molecule has 1 N–H and O–H groups in total. The van der Waals surface area contributed by atoms with E-state index in [-0.39, 0.29) is 57.9 Å². The SMILES string of the molecule is CN(c1ccc(C([NH-])=O)c(Cl)c1)[C@H](CN1CC[C@H](F)C1)c1ccccc1.[Pr]. The van der Waals surface area contributed by atoms with Gasteiger partial charge in [0, 0.05) is 79.2 Å². The zero-order valence-electron chi connectivity index (χ0n) is 15.2. The third-order valence-corrected chi connectivity index (χ3v) is 5.22. The molecule has 1 aliphatic heterocycles. The van der Waals surface area contributed by atoms with Gasteiger partial charge in [0.25, 0.3) is 0 Å². The van der Waals surface area contributed by atoms with E-state index in [4.69, 9.17) is 17.3 Å². The molecule has 0 aliphatic carbocycles. The summed E-state index contributed by atoms with van der Waals surface area (Å²) in [5.74, 6) is -0.796. The fourth-order valence-electron chi connectivity index (χ4n) is 3.41. The predicted octanol–water partition coefficient (Wildman–Crippen LogP) is 4.75. The largest absolute Gasteiger partial charge is 0.664 e. The van der Waals surface area contributed by atoms with Gasteiger partial charge in [-0.1, -0.05) is 41.9 Å². The molecule has 3 rings (SSSR count). The van der Waals surface area contributed by atoms with E-state index in [1.165, 1.54) is 0 Å². The van der Waals surface area contributed by atoms with Gasteiger partial charge in [0.15, 0.2) is 0 Å². The summed E-state index contributed by atoms with van der Waals surface area (Å²) in [5.41, 5.74) is 9.42. The van der Waals surface area contributed by atoms with Gasteiger partial charge in [-0.2, -0.15) is 0 Å². The van der Waals surface area contributed by atoms with E-state index in [2.05, 4.69) is 21.9 Å². The summed E-state index contributed by atoms with van der Waals surface area (Å²) in [6.45, 7) is 1.92. The van der Waals surface area contributed by atoms with Gasteiger partial charge in [0.05, 0.1) is 17.0 Å². The molecule has 1 heterocycles. The van der Waals surface area contributed by atoms with Crippen molar-refractivity contribution in [2.24, 2.45) is 0 Å². The molecule has 0 bridgehead atoms. The second kappa shape index (κ2) is 10.2. The van der Waals surface area contributed by atoms with Crippen molar-refractivity contribution in [3.05, 3.63) is 70.4 Å². The Morgan fingerprint density at radius 3 is 2.59 bits per heavy atom. The maximum absolute atomic E-state index is 13.6. The number of halogens is 2. The number of benzene rings is 2. The number of nitrogens with zero attached hydrogens (tertiary/aromatic N) is 2. The maximum Gasteiger partial charge on any atom is 0.114 e. The minimum Gasteiger partial charge on any atom is -0.664 e. The van der Waals surface area contributed by atoms with Crippen molar-refractivity contribution in [2.45, 2.75) is 18.6 Å². The van der Waals surface area contributed by atoms with Crippen molar-refractivity contribution in [2.75, 3.05) is 31.6 Å². The Kier molecular flexibility index (Phi) is 8.48. The Balaban J connectivity index is 0.00000261. The van der Waals surface area contributed by atoms with Crippen LogP contribution < -0.4 is 4.90 Å². The Morgan fingerprint density at radius 1 is 1.33 bits per heavy atom. The molecule has 1 aliphatic rings. The summed E-state index contributed by atoms with van der Waals surface area (Å²) in [4.78, 5) is 15.5. The van der Waals surface area contributed by atoms with Crippen LogP contribution in [-0.2, 0) is 0 Å². The normalized spacial score (nSPS) is 18.0. The molecule has 1 amide bonds. The second-order valence-electron chi connectivity index (χ2n) is 6.68. The van der Waals surface area contributed by atoms with Gasteiger partial charge in [-0.3, -0.25) is 4.90 Å². The van der Waals surface area contributed by atoms with Crippen LogP contribution in [0.3, 0.4) is 0 Å². The molecule has 141 valence electrons. The summed E-state index contributed by atoms with van der Waals surface area (Å²) in [6, 6.07) is 15.2. The minimum absolute atomic E-state index is 0. The first-order valence-electron chi connectivity index (χ1n) is 8.65. The van der Waals surface area contributed by atoms with Crippen LogP contribution in [0.25, 0.3) is 5.73 Å². The van der Waals surface area contributed by atoms with Gasteiger partial charge in [0.2, 0.25) is 0 Å². The first-order valence-corrected chi connectivity index (χ1v) is 9.03. The van der Waals surface area contributed by atoms with E-state index in [0.29, 0.717) is 19.5 Å². The second-order valence-corrected chi connectivity index (χ2v) is 7.08. The van der Waals surface area contributed by atoms with Crippen molar-refractivity contribution in [1.82, 2.24) is 4.90 Å². The van der Waals surface area contributed by atoms with Crippen LogP contribution in [0.4, 0.5) is 10.1 Å². The summed E-state index contributed by atoms with van der Waals surface area (Å²) < 4.78 is 13.6. The Bertz CT molecular complexity index is 777. The summed E-state index contributed by atoms with van der Waals surface area (Å²) in [7, 11) is 1.97. The van der Waals surface area contributed by atoms with E-state index in [9.17, 15) is 9.18 Å².